The molecule has 206 valence electrons. The Kier molecular flexibility index (Phi) is 26.2. The average molecular weight is 495 g/mol. The number of ether oxygens (including phenoxy) is 2. The normalized spacial score (nSPS) is 12.2. The zero-order valence-electron chi connectivity index (χ0n) is 23.6. The minimum absolute atomic E-state index is 0.00575. The van der Waals surface area contributed by atoms with Gasteiger partial charge >= 0.3 is 11.9 Å². The van der Waals surface area contributed by atoms with Gasteiger partial charge in [-0.3, -0.25) is 9.59 Å². The zero-order chi connectivity index (χ0) is 25.8. The van der Waals surface area contributed by atoms with Crippen molar-refractivity contribution in [2.75, 3.05) is 7.11 Å². The van der Waals surface area contributed by atoms with Crippen molar-refractivity contribution in [3.63, 3.8) is 0 Å². The van der Waals surface area contributed by atoms with Gasteiger partial charge in [0.15, 0.2) is 0 Å². The van der Waals surface area contributed by atoms with E-state index >= 15 is 0 Å². The maximum atomic E-state index is 12.4. The SMILES string of the molecule is CCCCCCCCCCCC(=O)OC(C/C=C\CCCCCCCC(=O)OC)CCCCCC. The summed E-state index contributed by atoms with van der Waals surface area (Å²) in [5, 5.41) is 0. The van der Waals surface area contributed by atoms with Gasteiger partial charge in [0.25, 0.3) is 0 Å². The van der Waals surface area contributed by atoms with Crippen molar-refractivity contribution in [1.82, 2.24) is 0 Å². The number of esters is 2. The molecule has 0 saturated heterocycles. The number of carbonyl (C=O) groups excluding carboxylic acids is 2. The third kappa shape index (κ3) is 25.6. The molecule has 0 fully saturated rings. The molecule has 0 aliphatic heterocycles. The second-order valence-electron chi connectivity index (χ2n) is 10.1. The minimum Gasteiger partial charge on any atom is -0.469 e. The lowest BCUT2D eigenvalue weighted by Crippen LogP contribution is -2.17. The van der Waals surface area contributed by atoms with Crippen LogP contribution >= 0.6 is 0 Å². The highest BCUT2D eigenvalue weighted by Gasteiger charge is 2.13. The molecule has 1 atom stereocenters. The molecular weight excluding hydrogens is 436 g/mol. The van der Waals surface area contributed by atoms with E-state index in [4.69, 9.17) is 4.74 Å². The molecular formula is C31H58O4. The third-order valence-corrected chi connectivity index (χ3v) is 6.71. The standard InChI is InChI=1S/C31H58O4/c1-4-6-8-10-11-12-17-20-24-28-31(33)35-29(25-21-9-7-5-2)26-22-18-15-13-14-16-19-23-27-30(32)34-3/h18,22,29H,4-17,19-21,23-28H2,1-3H3/b22-18-. The van der Waals surface area contributed by atoms with Crippen molar-refractivity contribution in [3.8, 4) is 0 Å². The van der Waals surface area contributed by atoms with E-state index in [9.17, 15) is 9.59 Å². The second-order valence-corrected chi connectivity index (χ2v) is 10.1. The van der Waals surface area contributed by atoms with E-state index in [0.717, 1.165) is 51.4 Å². The van der Waals surface area contributed by atoms with Gasteiger partial charge in [-0.1, -0.05) is 116 Å². The molecule has 0 amide bonds. The maximum Gasteiger partial charge on any atom is 0.306 e. The zero-order valence-corrected chi connectivity index (χ0v) is 23.6. The van der Waals surface area contributed by atoms with Crippen LogP contribution in [0.4, 0.5) is 0 Å². The van der Waals surface area contributed by atoms with Crippen molar-refractivity contribution in [3.05, 3.63) is 12.2 Å². The fraction of sp³-hybridized carbons (Fsp3) is 0.871. The Bertz CT molecular complexity index is 500. The van der Waals surface area contributed by atoms with E-state index in [1.54, 1.807) is 0 Å². The predicted octanol–water partition coefficient (Wildman–Crippen LogP) is 9.64. The van der Waals surface area contributed by atoms with Gasteiger partial charge in [-0.25, -0.2) is 0 Å². The summed E-state index contributed by atoms with van der Waals surface area (Å²) in [7, 11) is 1.45. The molecule has 0 aromatic carbocycles. The van der Waals surface area contributed by atoms with E-state index in [1.807, 2.05) is 0 Å². The minimum atomic E-state index is -0.106. The van der Waals surface area contributed by atoms with Gasteiger partial charge in [-0.15, -0.1) is 0 Å². The largest absolute Gasteiger partial charge is 0.469 e. The number of hydrogen-bond donors (Lipinski definition) is 0. The summed E-state index contributed by atoms with van der Waals surface area (Å²) in [6.45, 7) is 4.48. The first-order chi connectivity index (χ1) is 17.1. The van der Waals surface area contributed by atoms with Gasteiger partial charge in [0.05, 0.1) is 7.11 Å². The highest BCUT2D eigenvalue weighted by atomic mass is 16.5. The van der Waals surface area contributed by atoms with Crippen LogP contribution in [0.2, 0.25) is 0 Å². The van der Waals surface area contributed by atoms with Gasteiger partial charge in [-0.2, -0.15) is 0 Å². The fourth-order valence-corrected chi connectivity index (χ4v) is 4.38. The van der Waals surface area contributed by atoms with Crippen LogP contribution in [0.1, 0.15) is 162 Å². The molecule has 0 rings (SSSR count). The summed E-state index contributed by atoms with van der Waals surface area (Å²) in [5.74, 6) is -0.111. The Morgan fingerprint density at radius 2 is 1.09 bits per heavy atom. The Balaban J connectivity index is 3.99. The topological polar surface area (TPSA) is 52.6 Å². The van der Waals surface area contributed by atoms with Crippen molar-refractivity contribution >= 4 is 11.9 Å². The van der Waals surface area contributed by atoms with Gasteiger partial charge in [0, 0.05) is 19.3 Å². The van der Waals surface area contributed by atoms with E-state index in [-0.39, 0.29) is 18.0 Å². The van der Waals surface area contributed by atoms with Crippen molar-refractivity contribution < 1.29 is 19.1 Å². The van der Waals surface area contributed by atoms with E-state index < -0.39 is 0 Å². The molecule has 0 saturated carbocycles. The van der Waals surface area contributed by atoms with Crippen LogP contribution in [0.25, 0.3) is 0 Å². The van der Waals surface area contributed by atoms with Crippen LogP contribution in [0.15, 0.2) is 12.2 Å². The fourth-order valence-electron chi connectivity index (χ4n) is 4.38. The Hall–Kier alpha value is -1.32. The summed E-state index contributed by atoms with van der Waals surface area (Å²) >= 11 is 0. The monoisotopic (exact) mass is 494 g/mol. The maximum absolute atomic E-state index is 12.4. The molecule has 0 bridgehead atoms. The number of rotatable bonds is 26. The summed E-state index contributed by atoms with van der Waals surface area (Å²) in [4.78, 5) is 23.5. The van der Waals surface area contributed by atoms with E-state index in [1.165, 1.54) is 90.6 Å². The molecule has 0 aromatic rings. The lowest BCUT2D eigenvalue weighted by atomic mass is 10.1. The first kappa shape index (κ1) is 33.7. The Morgan fingerprint density at radius 1 is 0.600 bits per heavy atom. The van der Waals surface area contributed by atoms with Crippen LogP contribution < -0.4 is 0 Å². The van der Waals surface area contributed by atoms with Crippen molar-refractivity contribution in [2.45, 2.75) is 168 Å². The first-order valence-electron chi connectivity index (χ1n) is 15.0. The number of carbonyl (C=O) groups is 2. The van der Waals surface area contributed by atoms with Gasteiger partial charge in [0.1, 0.15) is 6.10 Å². The van der Waals surface area contributed by atoms with Crippen LogP contribution in [0.3, 0.4) is 0 Å². The molecule has 35 heavy (non-hydrogen) atoms. The van der Waals surface area contributed by atoms with Crippen molar-refractivity contribution in [2.24, 2.45) is 0 Å². The van der Waals surface area contributed by atoms with E-state index in [0.29, 0.717) is 12.8 Å². The number of unbranched alkanes of at least 4 members (excludes halogenated alkanes) is 16. The molecule has 0 aliphatic rings. The lowest BCUT2D eigenvalue weighted by molar-refractivity contribution is -0.149. The molecule has 4 heteroatoms. The molecule has 0 N–H and O–H groups in total. The summed E-state index contributed by atoms with van der Waals surface area (Å²) in [6, 6.07) is 0. The van der Waals surface area contributed by atoms with Crippen LogP contribution in [0.5, 0.6) is 0 Å². The first-order valence-corrected chi connectivity index (χ1v) is 15.0. The van der Waals surface area contributed by atoms with Gasteiger partial charge in [0.2, 0.25) is 0 Å². The second kappa shape index (κ2) is 27.3. The smallest absolute Gasteiger partial charge is 0.306 e. The number of allylic oxidation sites excluding steroid dienone is 1. The number of hydrogen-bond acceptors (Lipinski definition) is 4. The highest BCUT2D eigenvalue weighted by Crippen LogP contribution is 2.16. The molecule has 0 radical (unpaired) electrons. The molecule has 4 nitrogen and oxygen atoms in total. The number of methoxy groups -OCH3 is 1. The molecule has 1 unspecified atom stereocenters. The van der Waals surface area contributed by atoms with Gasteiger partial charge < -0.3 is 9.47 Å². The Labute approximate surface area is 218 Å². The molecule has 0 aromatic heterocycles. The predicted molar refractivity (Wildman–Crippen MR) is 149 cm³/mol. The van der Waals surface area contributed by atoms with E-state index in [2.05, 4.69) is 30.7 Å². The Morgan fingerprint density at radius 3 is 1.66 bits per heavy atom. The summed E-state index contributed by atoms with van der Waals surface area (Å²) in [5.41, 5.74) is 0. The van der Waals surface area contributed by atoms with Crippen LogP contribution in [0, 0.1) is 0 Å². The molecule has 0 aliphatic carbocycles. The molecule has 0 heterocycles. The summed E-state index contributed by atoms with van der Waals surface area (Å²) < 4.78 is 10.5. The molecule has 0 spiro atoms. The summed E-state index contributed by atoms with van der Waals surface area (Å²) in [6.07, 6.45) is 30.3. The highest BCUT2D eigenvalue weighted by molar-refractivity contribution is 5.69. The quantitative estimate of drug-likeness (QED) is 0.0682. The third-order valence-electron chi connectivity index (χ3n) is 6.71. The van der Waals surface area contributed by atoms with Crippen LogP contribution in [-0.2, 0) is 19.1 Å². The average Bonchev–Trinajstić information content (AvgIpc) is 2.86. The van der Waals surface area contributed by atoms with Gasteiger partial charge in [-0.05, 0) is 38.5 Å². The van der Waals surface area contributed by atoms with Crippen LogP contribution in [-0.4, -0.2) is 25.2 Å². The lowest BCUT2D eigenvalue weighted by Gasteiger charge is -2.16. The van der Waals surface area contributed by atoms with Crippen molar-refractivity contribution in [1.29, 1.82) is 0 Å².